The molecule has 0 aromatic carbocycles. The van der Waals surface area contributed by atoms with Gasteiger partial charge < -0.3 is 5.32 Å². The number of hydrogen-bond donors (Lipinski definition) is 1. The fraction of sp³-hybridized carbons (Fsp3) is 1.00. The van der Waals surface area contributed by atoms with Gasteiger partial charge >= 0.3 is 0 Å². The van der Waals surface area contributed by atoms with Gasteiger partial charge in [0.2, 0.25) is 0 Å². The topological polar surface area (TPSA) is 12.0 Å². The van der Waals surface area contributed by atoms with Crippen molar-refractivity contribution in [1.82, 2.24) is 5.32 Å². The lowest BCUT2D eigenvalue weighted by Crippen LogP contribution is -2.31. The molecule has 0 spiro atoms. The van der Waals surface area contributed by atoms with Crippen LogP contribution in [0.25, 0.3) is 0 Å². The van der Waals surface area contributed by atoms with Crippen molar-refractivity contribution in [2.45, 2.75) is 64.3 Å². The Morgan fingerprint density at radius 3 is 2.07 bits per heavy atom. The predicted octanol–water partition coefficient (Wildman–Crippen LogP) is 3.34. The van der Waals surface area contributed by atoms with E-state index in [0.29, 0.717) is 0 Å². The van der Waals surface area contributed by atoms with Gasteiger partial charge in [-0.1, -0.05) is 45.4 Å². The molecule has 1 N–H and O–H groups in total. The van der Waals surface area contributed by atoms with E-state index in [9.17, 15) is 0 Å². The van der Waals surface area contributed by atoms with Gasteiger partial charge in [0.05, 0.1) is 0 Å². The average molecular weight is 195 g/mol. The zero-order valence-electron chi connectivity index (χ0n) is 9.60. The SMILES string of the molecule is CCNC(CC1CCCC1)CC1CC1. The van der Waals surface area contributed by atoms with E-state index in [2.05, 4.69) is 12.2 Å². The lowest BCUT2D eigenvalue weighted by molar-refractivity contribution is 0.364. The molecule has 2 aliphatic carbocycles. The molecule has 1 unspecified atom stereocenters. The largest absolute Gasteiger partial charge is 0.314 e. The highest BCUT2D eigenvalue weighted by atomic mass is 14.9. The van der Waals surface area contributed by atoms with E-state index in [0.717, 1.165) is 24.4 Å². The molecule has 1 heteroatoms. The van der Waals surface area contributed by atoms with Crippen LogP contribution in [0.4, 0.5) is 0 Å². The molecule has 0 heterocycles. The maximum Gasteiger partial charge on any atom is 0.00722 e. The molecule has 2 fully saturated rings. The molecule has 0 radical (unpaired) electrons. The monoisotopic (exact) mass is 195 g/mol. The van der Waals surface area contributed by atoms with Crippen LogP contribution in [0, 0.1) is 11.8 Å². The average Bonchev–Trinajstić information content (AvgIpc) is 2.81. The van der Waals surface area contributed by atoms with Gasteiger partial charge in [0.25, 0.3) is 0 Å². The minimum absolute atomic E-state index is 0.843. The third-order valence-electron chi connectivity index (χ3n) is 3.90. The molecule has 0 aromatic heterocycles. The van der Waals surface area contributed by atoms with E-state index in [1.165, 1.54) is 51.4 Å². The second-order valence-corrected chi connectivity index (χ2v) is 5.32. The highest BCUT2D eigenvalue weighted by Crippen LogP contribution is 2.36. The van der Waals surface area contributed by atoms with E-state index in [-0.39, 0.29) is 0 Å². The Bertz CT molecular complexity index is 157. The Labute approximate surface area is 88.7 Å². The lowest BCUT2D eigenvalue weighted by atomic mass is 9.95. The predicted molar refractivity (Wildman–Crippen MR) is 61.4 cm³/mol. The summed E-state index contributed by atoms with van der Waals surface area (Å²) in [7, 11) is 0. The Kier molecular flexibility index (Phi) is 3.86. The lowest BCUT2D eigenvalue weighted by Gasteiger charge is -2.21. The van der Waals surface area contributed by atoms with Gasteiger partial charge in [0, 0.05) is 6.04 Å². The van der Waals surface area contributed by atoms with E-state index in [1.54, 1.807) is 0 Å². The quantitative estimate of drug-likeness (QED) is 0.685. The van der Waals surface area contributed by atoms with Crippen molar-refractivity contribution in [1.29, 1.82) is 0 Å². The first-order valence-electron chi connectivity index (χ1n) is 6.62. The molecule has 0 bridgehead atoms. The van der Waals surface area contributed by atoms with E-state index < -0.39 is 0 Å². The first kappa shape index (κ1) is 10.5. The zero-order chi connectivity index (χ0) is 9.80. The highest BCUT2D eigenvalue weighted by Gasteiger charge is 2.27. The molecule has 2 aliphatic rings. The van der Waals surface area contributed by atoms with Crippen molar-refractivity contribution in [3.05, 3.63) is 0 Å². The molecule has 0 saturated heterocycles. The van der Waals surface area contributed by atoms with Crippen LogP contribution in [-0.4, -0.2) is 12.6 Å². The minimum atomic E-state index is 0.843. The molecule has 0 aliphatic heterocycles. The van der Waals surface area contributed by atoms with Crippen LogP contribution < -0.4 is 5.32 Å². The fourth-order valence-corrected chi connectivity index (χ4v) is 2.96. The van der Waals surface area contributed by atoms with Crippen molar-refractivity contribution in [2.24, 2.45) is 11.8 Å². The van der Waals surface area contributed by atoms with Crippen molar-refractivity contribution in [3.63, 3.8) is 0 Å². The zero-order valence-corrected chi connectivity index (χ0v) is 9.60. The van der Waals surface area contributed by atoms with Crippen LogP contribution in [0.3, 0.4) is 0 Å². The third kappa shape index (κ3) is 3.27. The van der Waals surface area contributed by atoms with Crippen LogP contribution in [-0.2, 0) is 0 Å². The van der Waals surface area contributed by atoms with E-state index in [1.807, 2.05) is 0 Å². The summed E-state index contributed by atoms with van der Waals surface area (Å²) in [5.41, 5.74) is 0. The highest BCUT2D eigenvalue weighted by molar-refractivity contribution is 4.82. The van der Waals surface area contributed by atoms with Gasteiger partial charge in [-0.2, -0.15) is 0 Å². The van der Waals surface area contributed by atoms with E-state index in [4.69, 9.17) is 0 Å². The van der Waals surface area contributed by atoms with Crippen molar-refractivity contribution < 1.29 is 0 Å². The minimum Gasteiger partial charge on any atom is -0.314 e. The summed E-state index contributed by atoms with van der Waals surface area (Å²) in [4.78, 5) is 0. The van der Waals surface area contributed by atoms with Crippen molar-refractivity contribution in [2.75, 3.05) is 6.54 Å². The molecule has 2 rings (SSSR count). The maximum atomic E-state index is 3.68. The van der Waals surface area contributed by atoms with E-state index >= 15 is 0 Å². The van der Waals surface area contributed by atoms with Crippen molar-refractivity contribution in [3.8, 4) is 0 Å². The Balaban J connectivity index is 1.70. The summed E-state index contributed by atoms with van der Waals surface area (Å²) in [6, 6.07) is 0.843. The standard InChI is InChI=1S/C13H25N/c1-2-14-13(10-12-7-8-12)9-11-5-3-4-6-11/h11-14H,2-10H2,1H3. The second-order valence-electron chi connectivity index (χ2n) is 5.32. The van der Waals surface area contributed by atoms with Crippen LogP contribution in [0.2, 0.25) is 0 Å². The number of hydrogen-bond acceptors (Lipinski definition) is 1. The Hall–Kier alpha value is -0.0400. The Morgan fingerprint density at radius 2 is 1.57 bits per heavy atom. The molecule has 1 nitrogen and oxygen atoms in total. The molecule has 0 amide bonds. The van der Waals surface area contributed by atoms with Gasteiger partial charge in [0.15, 0.2) is 0 Å². The first-order valence-corrected chi connectivity index (χ1v) is 6.62. The van der Waals surface area contributed by atoms with Crippen LogP contribution >= 0.6 is 0 Å². The molecule has 2 saturated carbocycles. The molecule has 14 heavy (non-hydrogen) atoms. The number of nitrogens with one attached hydrogen (secondary N) is 1. The van der Waals surface area contributed by atoms with Crippen LogP contribution in [0.1, 0.15) is 58.3 Å². The summed E-state index contributed by atoms with van der Waals surface area (Å²) < 4.78 is 0. The third-order valence-corrected chi connectivity index (χ3v) is 3.90. The molecule has 82 valence electrons. The van der Waals surface area contributed by atoms with Gasteiger partial charge in [0.1, 0.15) is 0 Å². The summed E-state index contributed by atoms with van der Waals surface area (Å²) in [5.74, 6) is 2.14. The number of rotatable bonds is 6. The van der Waals surface area contributed by atoms with Crippen LogP contribution in [0.5, 0.6) is 0 Å². The van der Waals surface area contributed by atoms with Gasteiger partial charge in [-0.25, -0.2) is 0 Å². The second kappa shape index (κ2) is 5.16. The van der Waals surface area contributed by atoms with Crippen molar-refractivity contribution >= 4 is 0 Å². The van der Waals surface area contributed by atoms with Gasteiger partial charge in [-0.15, -0.1) is 0 Å². The fourth-order valence-electron chi connectivity index (χ4n) is 2.96. The smallest absolute Gasteiger partial charge is 0.00722 e. The molecular formula is C13H25N. The van der Waals surface area contributed by atoms with Gasteiger partial charge in [-0.05, 0) is 31.2 Å². The summed E-state index contributed by atoms with van der Waals surface area (Å²) in [6.07, 6.45) is 11.9. The summed E-state index contributed by atoms with van der Waals surface area (Å²) in [6.45, 7) is 3.40. The first-order chi connectivity index (χ1) is 6.88. The summed E-state index contributed by atoms with van der Waals surface area (Å²) in [5, 5.41) is 3.68. The molecule has 0 aromatic rings. The Morgan fingerprint density at radius 1 is 1.00 bits per heavy atom. The maximum absolute atomic E-state index is 3.68. The van der Waals surface area contributed by atoms with Crippen LogP contribution in [0.15, 0.2) is 0 Å². The summed E-state index contributed by atoms with van der Waals surface area (Å²) >= 11 is 0. The van der Waals surface area contributed by atoms with Gasteiger partial charge in [-0.3, -0.25) is 0 Å². The molecule has 1 atom stereocenters. The molecular weight excluding hydrogens is 170 g/mol. The normalized spacial score (nSPS) is 25.5.